The highest BCUT2D eigenvalue weighted by Gasteiger charge is 2.46. The third-order valence-electron chi connectivity index (χ3n) is 4.85. The number of hydrogen-bond donors (Lipinski definition) is 1. The summed E-state index contributed by atoms with van der Waals surface area (Å²) < 4.78 is 11.2. The molecule has 1 amide bonds. The lowest BCUT2D eigenvalue weighted by molar-refractivity contribution is -0.140. The van der Waals surface area contributed by atoms with Crippen LogP contribution in [0, 0.1) is 0 Å². The van der Waals surface area contributed by atoms with Crippen molar-refractivity contribution in [1.82, 2.24) is 4.90 Å². The number of rotatable bonds is 9. The highest BCUT2D eigenvalue weighted by Crippen LogP contribution is 2.41. The van der Waals surface area contributed by atoms with Gasteiger partial charge in [-0.15, -0.1) is 11.3 Å². The summed E-state index contributed by atoms with van der Waals surface area (Å²) in [6.45, 7) is 8.64. The van der Waals surface area contributed by atoms with Crippen LogP contribution >= 0.6 is 11.3 Å². The van der Waals surface area contributed by atoms with Gasteiger partial charge < -0.3 is 19.5 Å². The van der Waals surface area contributed by atoms with E-state index >= 15 is 0 Å². The fourth-order valence-electron chi connectivity index (χ4n) is 3.53. The van der Waals surface area contributed by atoms with E-state index in [4.69, 9.17) is 9.47 Å². The van der Waals surface area contributed by atoms with Crippen molar-refractivity contribution in [3.05, 3.63) is 57.8 Å². The molecule has 1 aromatic heterocycles. The molecule has 0 spiro atoms. The van der Waals surface area contributed by atoms with E-state index in [0.717, 1.165) is 4.88 Å². The van der Waals surface area contributed by atoms with Gasteiger partial charge in [0, 0.05) is 23.6 Å². The molecular formula is C24H29NO5S. The second kappa shape index (κ2) is 10.1. The Hall–Kier alpha value is -2.64. The largest absolute Gasteiger partial charge is 0.507 e. The summed E-state index contributed by atoms with van der Waals surface area (Å²) in [5.41, 5.74) is 0.591. The van der Waals surface area contributed by atoms with E-state index in [1.165, 1.54) is 11.3 Å². The van der Waals surface area contributed by atoms with Crippen LogP contribution in [0.25, 0.3) is 5.76 Å². The maximum atomic E-state index is 12.9. The zero-order valence-corrected chi connectivity index (χ0v) is 19.1. The van der Waals surface area contributed by atoms with Crippen molar-refractivity contribution in [1.29, 1.82) is 0 Å². The first-order valence-electron chi connectivity index (χ1n) is 10.5. The number of aliphatic hydroxyl groups excluding tert-OH is 1. The third-order valence-corrected chi connectivity index (χ3v) is 5.77. The standard InChI is InChI=1S/C24H29NO5S/c1-15(2)29-13-6-12-25-21(19-7-5-14-31-19)20(23(27)24(25)28)22(26)17-8-10-18(11-9-17)30-16(3)4/h5,7-11,14-16,21,26H,6,12-13H2,1-4H3/b22-20-. The number of aliphatic hydroxyl groups is 1. The lowest BCUT2D eigenvalue weighted by Gasteiger charge is -2.24. The molecule has 0 radical (unpaired) electrons. The molecule has 1 atom stereocenters. The molecule has 1 aliphatic heterocycles. The third kappa shape index (κ3) is 5.35. The second-order valence-electron chi connectivity index (χ2n) is 7.97. The average molecular weight is 444 g/mol. The SMILES string of the molecule is CC(C)OCCCN1C(=O)C(=O)/C(=C(\O)c2ccc(OC(C)C)cc2)C1c1cccs1. The van der Waals surface area contributed by atoms with Crippen LogP contribution in [0.2, 0.25) is 0 Å². The molecule has 166 valence electrons. The summed E-state index contributed by atoms with van der Waals surface area (Å²) in [5.74, 6) is -0.756. The summed E-state index contributed by atoms with van der Waals surface area (Å²) in [5, 5.41) is 12.9. The van der Waals surface area contributed by atoms with E-state index in [9.17, 15) is 14.7 Å². The Kier molecular flexibility index (Phi) is 7.51. The Morgan fingerprint density at radius 1 is 1.10 bits per heavy atom. The fourth-order valence-corrected chi connectivity index (χ4v) is 4.37. The van der Waals surface area contributed by atoms with E-state index in [0.29, 0.717) is 30.9 Å². The maximum Gasteiger partial charge on any atom is 0.295 e. The number of carbonyl (C=O) groups excluding carboxylic acids is 2. The molecule has 1 saturated heterocycles. The van der Waals surface area contributed by atoms with Gasteiger partial charge in [0.1, 0.15) is 11.5 Å². The summed E-state index contributed by atoms with van der Waals surface area (Å²) in [6.07, 6.45) is 0.739. The van der Waals surface area contributed by atoms with Crippen LogP contribution in [-0.2, 0) is 14.3 Å². The molecule has 6 nitrogen and oxygen atoms in total. The van der Waals surface area contributed by atoms with Crippen molar-refractivity contribution in [2.45, 2.75) is 52.4 Å². The zero-order valence-electron chi connectivity index (χ0n) is 18.3. The van der Waals surface area contributed by atoms with Gasteiger partial charge in [-0.2, -0.15) is 0 Å². The summed E-state index contributed by atoms with van der Waals surface area (Å²) in [7, 11) is 0. The number of Topliss-reactive ketones (excluding diaryl/α,β-unsaturated/α-hetero) is 1. The number of nitrogens with zero attached hydrogens (tertiary/aromatic N) is 1. The predicted octanol–water partition coefficient (Wildman–Crippen LogP) is 4.77. The van der Waals surface area contributed by atoms with Gasteiger partial charge in [-0.1, -0.05) is 6.07 Å². The van der Waals surface area contributed by atoms with E-state index in [2.05, 4.69) is 0 Å². The molecule has 1 fully saturated rings. The molecule has 0 saturated carbocycles. The maximum absolute atomic E-state index is 12.9. The molecule has 3 rings (SSSR count). The molecule has 31 heavy (non-hydrogen) atoms. The molecule has 1 aromatic carbocycles. The Bertz CT molecular complexity index is 931. The van der Waals surface area contributed by atoms with Crippen molar-refractivity contribution in [3.8, 4) is 5.75 Å². The molecule has 0 aliphatic carbocycles. The Labute approximate surface area is 187 Å². The normalized spacial score (nSPS) is 18.4. The minimum absolute atomic E-state index is 0.0308. The van der Waals surface area contributed by atoms with Crippen LogP contribution in [0.3, 0.4) is 0 Å². The fraction of sp³-hybridized carbons (Fsp3) is 0.417. The lowest BCUT2D eigenvalue weighted by Crippen LogP contribution is -2.31. The van der Waals surface area contributed by atoms with Crippen molar-refractivity contribution < 1.29 is 24.2 Å². The van der Waals surface area contributed by atoms with Crippen LogP contribution in [0.1, 0.15) is 50.6 Å². The van der Waals surface area contributed by atoms with Crippen LogP contribution < -0.4 is 4.74 Å². The number of hydrogen-bond acceptors (Lipinski definition) is 6. The van der Waals surface area contributed by atoms with Gasteiger partial charge in [0.05, 0.1) is 23.8 Å². The smallest absolute Gasteiger partial charge is 0.295 e. The van der Waals surface area contributed by atoms with Gasteiger partial charge in [-0.25, -0.2) is 0 Å². The molecule has 1 N–H and O–H groups in total. The number of thiophene rings is 1. The number of amides is 1. The van der Waals surface area contributed by atoms with Crippen molar-refractivity contribution >= 4 is 28.8 Å². The number of ether oxygens (including phenoxy) is 2. The van der Waals surface area contributed by atoms with E-state index in [-0.39, 0.29) is 23.5 Å². The van der Waals surface area contributed by atoms with Crippen LogP contribution in [0.4, 0.5) is 0 Å². The molecule has 7 heteroatoms. The Balaban J connectivity index is 1.93. The molecule has 2 aromatic rings. The number of ketones is 1. The Morgan fingerprint density at radius 2 is 1.81 bits per heavy atom. The van der Waals surface area contributed by atoms with Gasteiger partial charge >= 0.3 is 0 Å². The second-order valence-corrected chi connectivity index (χ2v) is 8.95. The topological polar surface area (TPSA) is 76.1 Å². The van der Waals surface area contributed by atoms with Crippen LogP contribution in [-0.4, -0.2) is 47.1 Å². The minimum Gasteiger partial charge on any atom is -0.507 e. The summed E-state index contributed by atoms with van der Waals surface area (Å²) >= 11 is 1.46. The van der Waals surface area contributed by atoms with Gasteiger partial charge in [-0.05, 0) is 69.8 Å². The first-order valence-corrected chi connectivity index (χ1v) is 11.4. The predicted molar refractivity (Wildman–Crippen MR) is 121 cm³/mol. The summed E-state index contributed by atoms with van der Waals surface area (Å²) in [4.78, 5) is 28.1. The molecule has 2 heterocycles. The van der Waals surface area contributed by atoms with E-state index < -0.39 is 17.7 Å². The van der Waals surface area contributed by atoms with Crippen molar-refractivity contribution in [2.75, 3.05) is 13.2 Å². The highest BCUT2D eigenvalue weighted by atomic mass is 32.1. The minimum atomic E-state index is -0.664. The van der Waals surface area contributed by atoms with Crippen molar-refractivity contribution in [2.24, 2.45) is 0 Å². The van der Waals surface area contributed by atoms with Gasteiger partial charge in [-0.3, -0.25) is 9.59 Å². The molecule has 1 unspecified atom stereocenters. The Morgan fingerprint density at radius 3 is 2.39 bits per heavy atom. The van der Waals surface area contributed by atoms with E-state index in [1.54, 1.807) is 29.2 Å². The molecule has 0 bridgehead atoms. The van der Waals surface area contributed by atoms with Crippen LogP contribution in [0.15, 0.2) is 47.4 Å². The highest BCUT2D eigenvalue weighted by molar-refractivity contribution is 7.10. The monoisotopic (exact) mass is 443 g/mol. The van der Waals surface area contributed by atoms with Gasteiger partial charge in [0.25, 0.3) is 11.7 Å². The van der Waals surface area contributed by atoms with E-state index in [1.807, 2.05) is 45.2 Å². The first kappa shape index (κ1) is 23.0. The number of likely N-dealkylation sites (tertiary alicyclic amines) is 1. The number of carbonyl (C=O) groups is 2. The van der Waals surface area contributed by atoms with Crippen molar-refractivity contribution in [3.63, 3.8) is 0 Å². The quantitative estimate of drug-likeness (QED) is 0.261. The molecule has 1 aliphatic rings. The first-order chi connectivity index (χ1) is 14.8. The average Bonchev–Trinajstić information content (AvgIpc) is 3.33. The lowest BCUT2D eigenvalue weighted by atomic mass is 10.00. The summed E-state index contributed by atoms with van der Waals surface area (Å²) in [6, 6.07) is 10.0. The molecular weight excluding hydrogens is 414 g/mol. The number of benzene rings is 1. The zero-order chi connectivity index (χ0) is 22.5. The van der Waals surface area contributed by atoms with Gasteiger partial charge in [0.2, 0.25) is 0 Å². The van der Waals surface area contributed by atoms with Crippen LogP contribution in [0.5, 0.6) is 5.75 Å². The van der Waals surface area contributed by atoms with Gasteiger partial charge in [0.15, 0.2) is 0 Å².